The van der Waals surface area contributed by atoms with Crippen molar-refractivity contribution < 1.29 is 19.1 Å². The zero-order valence-corrected chi connectivity index (χ0v) is 13.5. The van der Waals surface area contributed by atoms with Crippen LogP contribution in [0.5, 0.6) is 5.75 Å². The lowest BCUT2D eigenvalue weighted by atomic mass is 10.2. The van der Waals surface area contributed by atoms with Gasteiger partial charge in [0.15, 0.2) is 0 Å². The van der Waals surface area contributed by atoms with Gasteiger partial charge in [-0.05, 0) is 25.1 Å². The first-order valence-electron chi connectivity index (χ1n) is 6.38. The average Bonchev–Trinajstić information content (AvgIpc) is 2.84. The van der Waals surface area contributed by atoms with Crippen LogP contribution in [0.15, 0.2) is 36.4 Å². The molecule has 0 saturated carbocycles. The molecule has 2 rings (SSSR count). The molecule has 21 heavy (non-hydrogen) atoms. The van der Waals surface area contributed by atoms with Crippen LogP contribution in [0.1, 0.15) is 21.1 Å². The number of nitrogens with one attached hydrogen (secondary N) is 1. The number of ether oxygens (including phenoxy) is 1. The van der Waals surface area contributed by atoms with Crippen molar-refractivity contribution in [3.63, 3.8) is 0 Å². The van der Waals surface area contributed by atoms with Crippen LogP contribution in [0.3, 0.4) is 0 Å². The molecule has 0 aliphatic heterocycles. The zero-order valence-electron chi connectivity index (χ0n) is 11.8. The van der Waals surface area contributed by atoms with Crippen LogP contribution in [0.25, 0.3) is 0 Å². The predicted molar refractivity (Wildman–Crippen MR) is 83.7 cm³/mol. The number of hydrogen-bond donors (Lipinski definition) is 3. The molecule has 0 bridgehead atoms. The molecule has 0 aliphatic carbocycles. The first kappa shape index (κ1) is 16.2. The number of benzene rings is 1. The molecule has 0 fully saturated rings. The van der Waals surface area contributed by atoms with E-state index in [1.807, 2.05) is 37.3 Å². The van der Waals surface area contributed by atoms with Crippen LogP contribution in [-0.4, -0.2) is 16.9 Å². The van der Waals surface area contributed by atoms with Crippen LogP contribution >= 0.6 is 18.9 Å². The van der Waals surface area contributed by atoms with E-state index >= 15 is 0 Å². The van der Waals surface area contributed by atoms with Gasteiger partial charge >= 0.3 is 7.60 Å². The minimum Gasteiger partial charge on any atom is -0.496 e. The van der Waals surface area contributed by atoms with E-state index in [2.05, 4.69) is 5.32 Å². The molecule has 5 nitrogen and oxygen atoms in total. The SMILES string of the molecule is COc1ccccc1CNC(c1ccc(C)s1)P(=O)(O)O. The lowest BCUT2D eigenvalue weighted by molar-refractivity contribution is 0.347. The van der Waals surface area contributed by atoms with Gasteiger partial charge in [0.05, 0.1) is 7.11 Å². The molecule has 0 spiro atoms. The fourth-order valence-electron chi connectivity index (χ4n) is 2.04. The maximum Gasteiger partial charge on any atom is 0.347 e. The van der Waals surface area contributed by atoms with Crippen molar-refractivity contribution in [3.8, 4) is 5.75 Å². The third-order valence-electron chi connectivity index (χ3n) is 3.05. The smallest absolute Gasteiger partial charge is 0.347 e. The molecule has 0 amide bonds. The topological polar surface area (TPSA) is 78.8 Å². The van der Waals surface area contributed by atoms with Gasteiger partial charge in [-0.1, -0.05) is 18.2 Å². The standard InChI is InChI=1S/C14H18NO4PS/c1-10-7-8-13(21-10)14(20(16,17)18)15-9-11-5-3-4-6-12(11)19-2/h3-8,14-15H,9H2,1-2H3,(H2,16,17,18). The van der Waals surface area contributed by atoms with Gasteiger partial charge in [-0.2, -0.15) is 0 Å². The molecule has 0 saturated heterocycles. The Kier molecular flexibility index (Phi) is 5.19. The van der Waals surface area contributed by atoms with Gasteiger partial charge in [0.1, 0.15) is 11.5 Å². The molecule has 3 N–H and O–H groups in total. The lowest BCUT2D eigenvalue weighted by Gasteiger charge is -2.19. The van der Waals surface area contributed by atoms with Crippen molar-refractivity contribution in [2.24, 2.45) is 0 Å². The summed E-state index contributed by atoms with van der Waals surface area (Å²) in [5.41, 5.74) is 0.853. The number of thiophene rings is 1. The molecule has 7 heteroatoms. The Hall–Kier alpha value is -1.17. The highest BCUT2D eigenvalue weighted by Crippen LogP contribution is 2.51. The maximum absolute atomic E-state index is 11.7. The van der Waals surface area contributed by atoms with Crippen molar-refractivity contribution >= 4 is 18.9 Å². The second kappa shape index (κ2) is 6.73. The summed E-state index contributed by atoms with van der Waals surface area (Å²) in [5, 5.41) is 2.95. The number of methoxy groups -OCH3 is 1. The van der Waals surface area contributed by atoms with Crippen LogP contribution in [-0.2, 0) is 11.1 Å². The molecule has 1 heterocycles. The van der Waals surface area contributed by atoms with Gasteiger partial charge in [0.25, 0.3) is 0 Å². The average molecular weight is 327 g/mol. The van der Waals surface area contributed by atoms with E-state index in [0.29, 0.717) is 17.2 Å². The maximum atomic E-state index is 11.7. The van der Waals surface area contributed by atoms with Crippen molar-refractivity contribution in [2.75, 3.05) is 7.11 Å². The molecular formula is C14H18NO4PS. The third kappa shape index (κ3) is 4.15. The molecule has 1 atom stereocenters. The van der Waals surface area contributed by atoms with Gasteiger partial charge in [-0.15, -0.1) is 11.3 Å². The quantitative estimate of drug-likeness (QED) is 0.711. The normalized spacial score (nSPS) is 13.1. The Labute approximate surface area is 127 Å². The van der Waals surface area contributed by atoms with E-state index in [4.69, 9.17) is 4.74 Å². The summed E-state index contributed by atoms with van der Waals surface area (Å²) in [6.07, 6.45) is 0. The van der Waals surface area contributed by atoms with Crippen LogP contribution in [0.4, 0.5) is 0 Å². The molecule has 1 aromatic heterocycles. The summed E-state index contributed by atoms with van der Waals surface area (Å²) >= 11 is 1.38. The van der Waals surface area contributed by atoms with Gasteiger partial charge in [-0.3, -0.25) is 9.88 Å². The molecule has 2 aromatic rings. The Morgan fingerprint density at radius 1 is 1.29 bits per heavy atom. The molecular weight excluding hydrogens is 309 g/mol. The molecule has 114 valence electrons. The van der Waals surface area contributed by atoms with E-state index in [1.54, 1.807) is 13.2 Å². The highest BCUT2D eigenvalue weighted by atomic mass is 32.1. The Bertz CT molecular complexity index is 652. The highest BCUT2D eigenvalue weighted by Gasteiger charge is 2.31. The van der Waals surface area contributed by atoms with E-state index in [0.717, 1.165) is 10.4 Å². The van der Waals surface area contributed by atoms with Crippen LogP contribution < -0.4 is 10.1 Å². The molecule has 0 aliphatic rings. The summed E-state index contributed by atoms with van der Waals surface area (Å²) in [5.74, 6) is -0.307. The third-order valence-corrected chi connectivity index (χ3v) is 5.42. The first-order valence-corrected chi connectivity index (χ1v) is 8.88. The van der Waals surface area contributed by atoms with Gasteiger partial charge in [-0.25, -0.2) is 0 Å². The van der Waals surface area contributed by atoms with Crippen LogP contribution in [0, 0.1) is 6.92 Å². The summed E-state index contributed by atoms with van der Waals surface area (Å²) in [4.78, 5) is 20.8. The molecule has 0 radical (unpaired) electrons. The van der Waals surface area contributed by atoms with Crippen molar-refractivity contribution in [1.29, 1.82) is 0 Å². The Balaban J connectivity index is 2.19. The lowest BCUT2D eigenvalue weighted by Crippen LogP contribution is -2.20. The molecule has 1 unspecified atom stereocenters. The number of aryl methyl sites for hydroxylation is 1. The Morgan fingerprint density at radius 3 is 2.57 bits per heavy atom. The van der Waals surface area contributed by atoms with E-state index in [1.165, 1.54) is 11.3 Å². The number of rotatable bonds is 6. The van der Waals surface area contributed by atoms with E-state index in [9.17, 15) is 14.4 Å². The van der Waals surface area contributed by atoms with E-state index < -0.39 is 13.4 Å². The fraction of sp³-hybridized carbons (Fsp3) is 0.286. The summed E-state index contributed by atoms with van der Waals surface area (Å²) in [6, 6.07) is 11.0. The van der Waals surface area contributed by atoms with Gasteiger partial charge in [0, 0.05) is 21.9 Å². The van der Waals surface area contributed by atoms with Gasteiger partial charge < -0.3 is 14.5 Å². The summed E-state index contributed by atoms with van der Waals surface area (Å²) in [7, 11) is -2.72. The first-order chi connectivity index (χ1) is 9.91. The second-order valence-corrected chi connectivity index (χ2v) is 7.65. The van der Waals surface area contributed by atoms with Crippen molar-refractivity contribution in [1.82, 2.24) is 5.32 Å². The fourth-order valence-corrected chi connectivity index (χ4v) is 4.20. The molecule has 1 aromatic carbocycles. The van der Waals surface area contributed by atoms with Gasteiger partial charge in [0.2, 0.25) is 0 Å². The van der Waals surface area contributed by atoms with Crippen LogP contribution in [0.2, 0.25) is 0 Å². The van der Waals surface area contributed by atoms with E-state index in [-0.39, 0.29) is 0 Å². The number of hydrogen-bond acceptors (Lipinski definition) is 4. The minimum atomic E-state index is -4.29. The highest BCUT2D eigenvalue weighted by molar-refractivity contribution is 7.52. The van der Waals surface area contributed by atoms with Crippen molar-refractivity contribution in [3.05, 3.63) is 51.7 Å². The predicted octanol–water partition coefficient (Wildman–Crippen LogP) is 3.03. The number of para-hydroxylation sites is 1. The Morgan fingerprint density at radius 2 is 2.00 bits per heavy atom. The monoisotopic (exact) mass is 327 g/mol. The minimum absolute atomic E-state index is 0.316. The largest absolute Gasteiger partial charge is 0.496 e. The summed E-state index contributed by atoms with van der Waals surface area (Å²) in [6.45, 7) is 2.22. The van der Waals surface area contributed by atoms with Crippen molar-refractivity contribution in [2.45, 2.75) is 19.3 Å². The zero-order chi connectivity index (χ0) is 15.5. The summed E-state index contributed by atoms with van der Waals surface area (Å²) < 4.78 is 17.0. The second-order valence-electron chi connectivity index (χ2n) is 4.63.